The maximum absolute atomic E-state index is 7.39. The molecule has 2 rings (SSSR count). The Morgan fingerprint density at radius 3 is 1.80 bits per heavy atom. The molecule has 0 saturated heterocycles. The highest BCUT2D eigenvalue weighted by atomic mass is 16.5. The molecule has 0 radical (unpaired) electrons. The molecule has 0 amide bonds. The molecule has 25 heavy (non-hydrogen) atoms. The maximum Gasteiger partial charge on any atom is 0.122 e. The Hall–Kier alpha value is -3.02. The molecule has 0 bridgehead atoms. The number of nitrogens with one attached hydrogen (secondary N) is 2. The third kappa shape index (κ3) is 5.53. The van der Waals surface area contributed by atoms with Crippen LogP contribution in [-0.4, -0.2) is 24.4 Å². The van der Waals surface area contributed by atoms with Crippen LogP contribution >= 0.6 is 0 Å². The van der Waals surface area contributed by atoms with Gasteiger partial charge in [0.1, 0.15) is 29.3 Å². The highest BCUT2D eigenvalue weighted by Gasteiger charge is 2.09. The van der Waals surface area contributed by atoms with E-state index in [2.05, 4.69) is 6.92 Å². The lowest BCUT2D eigenvalue weighted by Gasteiger charge is -2.18. The van der Waals surface area contributed by atoms with Gasteiger partial charge in [-0.2, -0.15) is 0 Å². The van der Waals surface area contributed by atoms with Crippen LogP contribution in [0.5, 0.6) is 11.5 Å². The predicted octanol–water partition coefficient (Wildman–Crippen LogP) is 2.88. The van der Waals surface area contributed by atoms with Gasteiger partial charge in [0, 0.05) is 17.5 Å². The molecule has 0 fully saturated rings. The number of hydrogen-bond donors (Lipinski definition) is 4. The maximum atomic E-state index is 7.39. The summed E-state index contributed by atoms with van der Waals surface area (Å²) in [6.07, 6.45) is 1.65. The second-order valence-corrected chi connectivity index (χ2v) is 5.66. The van der Waals surface area contributed by atoms with E-state index in [1.165, 1.54) is 0 Å². The number of rotatable bonds is 9. The molecule has 0 aromatic heterocycles. The topological polar surface area (TPSA) is 118 Å². The molecule has 0 aliphatic carbocycles. The van der Waals surface area contributed by atoms with Crippen LogP contribution in [-0.2, 0) is 0 Å². The average molecular weight is 340 g/mol. The van der Waals surface area contributed by atoms with E-state index in [-0.39, 0.29) is 17.8 Å². The molecule has 1 unspecified atom stereocenters. The minimum atomic E-state index is 0.0414. The van der Waals surface area contributed by atoms with E-state index in [0.29, 0.717) is 17.7 Å². The van der Waals surface area contributed by atoms with E-state index in [4.69, 9.17) is 31.8 Å². The second kappa shape index (κ2) is 8.73. The van der Waals surface area contributed by atoms with Gasteiger partial charge in [0.2, 0.25) is 0 Å². The summed E-state index contributed by atoms with van der Waals surface area (Å²) < 4.78 is 11.7. The van der Waals surface area contributed by atoms with Crippen molar-refractivity contribution in [2.45, 2.75) is 25.9 Å². The summed E-state index contributed by atoms with van der Waals surface area (Å²) in [6, 6.07) is 14.3. The highest BCUT2D eigenvalue weighted by molar-refractivity contribution is 5.95. The van der Waals surface area contributed by atoms with Crippen molar-refractivity contribution in [1.29, 1.82) is 10.8 Å². The lowest BCUT2D eigenvalue weighted by molar-refractivity contribution is 0.158. The van der Waals surface area contributed by atoms with Crippen LogP contribution in [0.1, 0.15) is 30.9 Å². The Balaban J connectivity index is 1.83. The van der Waals surface area contributed by atoms with Crippen molar-refractivity contribution in [3.8, 4) is 11.5 Å². The fourth-order valence-electron chi connectivity index (χ4n) is 2.29. The summed E-state index contributed by atoms with van der Waals surface area (Å²) in [5, 5.41) is 14.8. The average Bonchev–Trinajstić information content (AvgIpc) is 2.61. The van der Waals surface area contributed by atoms with Crippen LogP contribution in [0.25, 0.3) is 0 Å². The normalized spacial score (nSPS) is 11.6. The number of nitrogen functional groups attached to an aromatic ring is 2. The van der Waals surface area contributed by atoms with Crippen molar-refractivity contribution in [3.63, 3.8) is 0 Å². The van der Waals surface area contributed by atoms with Gasteiger partial charge in [-0.05, 0) is 55.0 Å². The van der Waals surface area contributed by atoms with Gasteiger partial charge in [-0.3, -0.25) is 10.8 Å². The van der Waals surface area contributed by atoms with Crippen LogP contribution in [0.15, 0.2) is 48.5 Å². The van der Waals surface area contributed by atoms with Gasteiger partial charge in [-0.25, -0.2) is 0 Å². The fraction of sp³-hybridized carbons (Fsp3) is 0.263. The Morgan fingerprint density at radius 2 is 1.36 bits per heavy atom. The summed E-state index contributed by atoms with van der Waals surface area (Å²) in [6.45, 7) is 2.60. The molecule has 1 atom stereocenters. The number of nitrogens with two attached hydrogens (primary N) is 2. The van der Waals surface area contributed by atoms with Gasteiger partial charge in [0.15, 0.2) is 0 Å². The number of hydrogen-bond acceptors (Lipinski definition) is 4. The Morgan fingerprint density at radius 1 is 0.880 bits per heavy atom. The summed E-state index contributed by atoms with van der Waals surface area (Å²) in [4.78, 5) is 0. The molecule has 0 saturated carbocycles. The molecule has 0 spiro atoms. The van der Waals surface area contributed by atoms with Gasteiger partial charge in [0.05, 0.1) is 6.61 Å². The Kier molecular flexibility index (Phi) is 6.39. The van der Waals surface area contributed by atoms with Crippen molar-refractivity contribution in [2.24, 2.45) is 11.5 Å². The van der Waals surface area contributed by atoms with Crippen LogP contribution < -0.4 is 20.9 Å². The van der Waals surface area contributed by atoms with Gasteiger partial charge < -0.3 is 20.9 Å². The Labute approximate surface area is 147 Å². The lowest BCUT2D eigenvalue weighted by atomic mass is 10.2. The fourth-order valence-corrected chi connectivity index (χ4v) is 2.29. The second-order valence-electron chi connectivity index (χ2n) is 5.66. The van der Waals surface area contributed by atoms with Crippen LogP contribution in [0.4, 0.5) is 0 Å². The van der Waals surface area contributed by atoms with Gasteiger partial charge in [0.25, 0.3) is 0 Å². The number of ether oxygens (including phenoxy) is 2. The zero-order valence-corrected chi connectivity index (χ0v) is 14.3. The summed E-state index contributed by atoms with van der Waals surface area (Å²) in [5.41, 5.74) is 12.2. The van der Waals surface area contributed by atoms with Gasteiger partial charge in [-0.15, -0.1) is 0 Å². The molecule has 0 aliphatic heterocycles. The number of amidine groups is 2. The highest BCUT2D eigenvalue weighted by Crippen LogP contribution is 2.17. The van der Waals surface area contributed by atoms with Crippen molar-refractivity contribution in [2.75, 3.05) is 6.61 Å². The van der Waals surface area contributed by atoms with E-state index in [9.17, 15) is 0 Å². The molecular weight excluding hydrogens is 316 g/mol. The zero-order chi connectivity index (χ0) is 18.2. The first kappa shape index (κ1) is 18.3. The summed E-state index contributed by atoms with van der Waals surface area (Å²) in [7, 11) is 0. The standard InChI is InChI=1S/C19H24N4O2/c1-2-15(25-17-9-5-14(6-10-17)19(22)23)11-12-24-16-7-3-13(4-8-16)18(20)21/h3-10,15H,2,11-12H2,1H3,(H3,20,21)(H3,22,23). The van der Waals surface area contributed by atoms with Crippen molar-refractivity contribution < 1.29 is 9.47 Å². The number of benzene rings is 2. The van der Waals surface area contributed by atoms with Gasteiger partial charge >= 0.3 is 0 Å². The van der Waals surface area contributed by atoms with Crippen molar-refractivity contribution in [1.82, 2.24) is 0 Å². The van der Waals surface area contributed by atoms with Crippen molar-refractivity contribution in [3.05, 3.63) is 59.7 Å². The predicted molar refractivity (Wildman–Crippen MR) is 99.7 cm³/mol. The van der Waals surface area contributed by atoms with E-state index >= 15 is 0 Å². The molecular formula is C19H24N4O2. The SMILES string of the molecule is CCC(CCOc1ccc(C(=N)N)cc1)Oc1ccc(C(=N)N)cc1. The molecule has 0 aliphatic rings. The molecule has 6 nitrogen and oxygen atoms in total. The monoisotopic (exact) mass is 340 g/mol. The molecule has 6 heteroatoms. The first-order valence-electron chi connectivity index (χ1n) is 8.18. The largest absolute Gasteiger partial charge is 0.493 e. The van der Waals surface area contributed by atoms with Gasteiger partial charge in [-0.1, -0.05) is 6.92 Å². The van der Waals surface area contributed by atoms with E-state index < -0.39 is 0 Å². The summed E-state index contributed by atoms with van der Waals surface area (Å²) >= 11 is 0. The van der Waals surface area contributed by atoms with E-state index in [1.807, 2.05) is 12.1 Å². The van der Waals surface area contributed by atoms with Crippen molar-refractivity contribution >= 4 is 11.7 Å². The van der Waals surface area contributed by atoms with Crippen LogP contribution in [0, 0.1) is 10.8 Å². The van der Waals surface area contributed by atoms with E-state index in [1.54, 1.807) is 36.4 Å². The Bertz CT molecular complexity index is 711. The van der Waals surface area contributed by atoms with Crippen LogP contribution in [0.3, 0.4) is 0 Å². The molecule has 132 valence electrons. The third-order valence-corrected chi connectivity index (χ3v) is 3.80. The minimum Gasteiger partial charge on any atom is -0.493 e. The molecule has 0 heterocycles. The van der Waals surface area contributed by atoms with E-state index in [0.717, 1.165) is 24.3 Å². The third-order valence-electron chi connectivity index (χ3n) is 3.80. The van der Waals surface area contributed by atoms with Crippen LogP contribution in [0.2, 0.25) is 0 Å². The minimum absolute atomic E-state index is 0.0414. The lowest BCUT2D eigenvalue weighted by Crippen LogP contribution is -2.19. The molecule has 2 aromatic carbocycles. The first-order valence-corrected chi connectivity index (χ1v) is 8.18. The summed E-state index contributed by atoms with van der Waals surface area (Å²) in [5.74, 6) is 1.58. The quantitative estimate of drug-likeness (QED) is 0.414. The molecule has 6 N–H and O–H groups in total. The molecule has 2 aromatic rings. The smallest absolute Gasteiger partial charge is 0.122 e. The zero-order valence-electron chi connectivity index (χ0n) is 14.3. The first-order chi connectivity index (χ1) is 12.0.